The molecule has 0 radical (unpaired) electrons. The minimum absolute atomic E-state index is 0.360. The zero-order valence-corrected chi connectivity index (χ0v) is 8.41. The van der Waals surface area contributed by atoms with Crippen LogP contribution in [0.4, 0.5) is 0 Å². The van der Waals surface area contributed by atoms with E-state index in [2.05, 4.69) is 31.9 Å². The van der Waals surface area contributed by atoms with Crippen molar-refractivity contribution in [1.82, 2.24) is 0 Å². The number of hydrogen-bond acceptors (Lipinski definition) is 2. The fraction of sp³-hybridized carbons (Fsp3) is 1.00. The van der Waals surface area contributed by atoms with Crippen LogP contribution in [0.15, 0.2) is 0 Å². The van der Waals surface area contributed by atoms with E-state index in [1.165, 1.54) is 0 Å². The first-order valence-electron chi connectivity index (χ1n) is 2.15. The highest BCUT2D eigenvalue weighted by Crippen LogP contribution is 2.12. The monoisotopic (exact) mass is 280 g/mol. The van der Waals surface area contributed by atoms with Crippen LogP contribution in [-0.2, 0) is 10.1 Å². The van der Waals surface area contributed by atoms with Gasteiger partial charge in [0.25, 0.3) is 10.1 Å². The fourth-order valence-electron chi connectivity index (χ4n) is 0.235. The molecule has 0 aliphatic carbocycles. The molecule has 6 heteroatoms. The molecule has 0 aliphatic rings. The second-order valence-corrected chi connectivity index (χ2v) is 5.51. The van der Waals surface area contributed by atoms with Gasteiger partial charge in [-0.05, 0) is 6.42 Å². The van der Waals surface area contributed by atoms with E-state index in [1.807, 2.05) is 0 Å². The third-order valence-corrected chi connectivity index (χ3v) is 3.87. The predicted octanol–water partition coefficient (Wildman–Crippen LogP) is 1.38. The predicted molar refractivity (Wildman–Crippen MR) is 42.7 cm³/mol. The highest BCUT2D eigenvalue weighted by atomic mass is 79.9. The Bertz CT molecular complexity index is 164. The van der Waals surface area contributed by atoms with E-state index in [0.717, 1.165) is 0 Å². The summed E-state index contributed by atoms with van der Waals surface area (Å²) in [5.41, 5.74) is 0. The van der Waals surface area contributed by atoms with Crippen LogP contribution in [0.1, 0.15) is 6.42 Å². The standard InChI is InChI=1S/C3H6Br2O3S/c4-2-1-3(5)9(6,7)8/h3H,1-2H2,(H,6,7,8). The van der Waals surface area contributed by atoms with Crippen LogP contribution in [-0.4, -0.2) is 22.5 Å². The van der Waals surface area contributed by atoms with E-state index in [4.69, 9.17) is 4.55 Å². The largest absolute Gasteiger partial charge is 0.285 e. The van der Waals surface area contributed by atoms with Gasteiger partial charge in [0, 0.05) is 5.33 Å². The molecule has 0 saturated carbocycles. The Morgan fingerprint density at radius 3 is 2.11 bits per heavy atom. The van der Waals surface area contributed by atoms with Crippen molar-refractivity contribution >= 4 is 42.0 Å². The Morgan fingerprint density at radius 1 is 1.56 bits per heavy atom. The zero-order valence-electron chi connectivity index (χ0n) is 4.42. The highest BCUT2D eigenvalue weighted by molar-refractivity contribution is 9.11. The Labute approximate surface area is 70.8 Å². The summed E-state index contributed by atoms with van der Waals surface area (Å²) in [4.78, 5) is 0. The third kappa shape index (κ3) is 4.30. The average molecular weight is 282 g/mol. The van der Waals surface area contributed by atoms with Crippen LogP contribution < -0.4 is 0 Å². The summed E-state index contributed by atoms with van der Waals surface area (Å²) < 4.78 is 27.9. The molecule has 0 bridgehead atoms. The highest BCUT2D eigenvalue weighted by Gasteiger charge is 2.17. The summed E-state index contributed by atoms with van der Waals surface area (Å²) in [6.45, 7) is 0. The summed E-state index contributed by atoms with van der Waals surface area (Å²) in [5, 5.41) is 0.544. The molecule has 1 atom stereocenters. The van der Waals surface area contributed by atoms with Crippen molar-refractivity contribution in [2.45, 2.75) is 10.6 Å². The summed E-state index contributed by atoms with van der Waals surface area (Å²) in [6.07, 6.45) is 0.360. The molecule has 0 heterocycles. The first-order valence-corrected chi connectivity index (χ1v) is 5.69. The van der Waals surface area contributed by atoms with Crippen molar-refractivity contribution in [1.29, 1.82) is 0 Å². The molecule has 1 N–H and O–H groups in total. The van der Waals surface area contributed by atoms with Crippen LogP contribution in [0.25, 0.3) is 0 Å². The van der Waals surface area contributed by atoms with Crippen molar-refractivity contribution in [2.75, 3.05) is 5.33 Å². The van der Waals surface area contributed by atoms with Gasteiger partial charge in [-0.25, -0.2) is 0 Å². The lowest BCUT2D eigenvalue weighted by Gasteiger charge is -2.00. The van der Waals surface area contributed by atoms with Gasteiger partial charge in [-0.3, -0.25) is 4.55 Å². The van der Waals surface area contributed by atoms with Gasteiger partial charge in [-0.15, -0.1) is 0 Å². The molecule has 56 valence electrons. The van der Waals surface area contributed by atoms with Gasteiger partial charge in [-0.2, -0.15) is 8.42 Å². The maximum absolute atomic E-state index is 10.2. The molecule has 1 unspecified atom stereocenters. The van der Waals surface area contributed by atoms with Crippen LogP contribution in [0, 0.1) is 0 Å². The number of rotatable bonds is 3. The molecule has 0 amide bonds. The molecule has 0 aromatic heterocycles. The molecule has 9 heavy (non-hydrogen) atoms. The summed E-state index contributed by atoms with van der Waals surface area (Å²) >= 11 is 5.83. The number of hydrogen-bond donors (Lipinski definition) is 1. The van der Waals surface area contributed by atoms with Gasteiger partial charge in [0.15, 0.2) is 0 Å². The minimum atomic E-state index is -3.88. The molecule has 0 aromatic carbocycles. The lowest BCUT2D eigenvalue weighted by atomic mass is 10.6. The Hall–Kier alpha value is 0.870. The van der Waals surface area contributed by atoms with Crippen molar-refractivity contribution in [3.8, 4) is 0 Å². The van der Waals surface area contributed by atoms with Crippen molar-refractivity contribution in [3.05, 3.63) is 0 Å². The van der Waals surface area contributed by atoms with Crippen molar-refractivity contribution in [3.63, 3.8) is 0 Å². The first kappa shape index (κ1) is 9.87. The smallest absolute Gasteiger partial charge is 0.277 e. The van der Waals surface area contributed by atoms with E-state index in [9.17, 15) is 8.42 Å². The molecule has 3 nitrogen and oxygen atoms in total. The third-order valence-electron chi connectivity index (χ3n) is 0.659. The Kier molecular flexibility index (Phi) is 4.28. The summed E-state index contributed by atoms with van der Waals surface area (Å²) in [7, 11) is -3.88. The first-order chi connectivity index (χ1) is 3.98. The van der Waals surface area contributed by atoms with Crippen LogP contribution in [0.2, 0.25) is 0 Å². The van der Waals surface area contributed by atoms with E-state index in [1.54, 1.807) is 0 Å². The molecular weight excluding hydrogens is 276 g/mol. The molecule has 0 fully saturated rings. The topological polar surface area (TPSA) is 54.4 Å². The molecular formula is C3H6Br2O3S. The summed E-state index contributed by atoms with van der Waals surface area (Å²) in [5.74, 6) is 0. The van der Waals surface area contributed by atoms with Gasteiger partial charge in [0.05, 0.1) is 0 Å². The van der Waals surface area contributed by atoms with Crippen LogP contribution in [0.5, 0.6) is 0 Å². The van der Waals surface area contributed by atoms with Gasteiger partial charge in [0.2, 0.25) is 0 Å². The quantitative estimate of drug-likeness (QED) is 0.628. The Balaban J connectivity index is 3.90. The number of alkyl halides is 2. The van der Waals surface area contributed by atoms with Crippen molar-refractivity contribution in [2.24, 2.45) is 0 Å². The van der Waals surface area contributed by atoms with Crippen molar-refractivity contribution < 1.29 is 13.0 Å². The minimum Gasteiger partial charge on any atom is -0.285 e. The van der Waals surface area contributed by atoms with Gasteiger partial charge < -0.3 is 0 Å². The normalized spacial score (nSPS) is 15.4. The fourth-order valence-corrected chi connectivity index (χ4v) is 2.25. The lowest BCUT2D eigenvalue weighted by Crippen LogP contribution is -2.13. The molecule has 0 rings (SSSR count). The second kappa shape index (κ2) is 3.90. The second-order valence-electron chi connectivity index (χ2n) is 1.40. The van der Waals surface area contributed by atoms with E-state index >= 15 is 0 Å². The van der Waals surface area contributed by atoms with Gasteiger partial charge >= 0.3 is 0 Å². The van der Waals surface area contributed by atoms with Gasteiger partial charge in [-0.1, -0.05) is 31.9 Å². The molecule has 0 aliphatic heterocycles. The summed E-state index contributed by atoms with van der Waals surface area (Å²) in [6, 6.07) is 0. The maximum atomic E-state index is 10.2. The number of halogens is 2. The lowest BCUT2D eigenvalue weighted by molar-refractivity contribution is 0.479. The SMILES string of the molecule is O=S(=O)(O)C(Br)CCBr. The van der Waals surface area contributed by atoms with E-state index in [-0.39, 0.29) is 0 Å². The molecule has 0 aromatic rings. The van der Waals surface area contributed by atoms with E-state index < -0.39 is 14.3 Å². The van der Waals surface area contributed by atoms with E-state index in [0.29, 0.717) is 11.8 Å². The zero-order chi connectivity index (χ0) is 7.49. The maximum Gasteiger partial charge on any atom is 0.277 e. The van der Waals surface area contributed by atoms with Crippen LogP contribution in [0.3, 0.4) is 0 Å². The molecule has 0 spiro atoms. The Morgan fingerprint density at radius 2 is 2.00 bits per heavy atom. The van der Waals surface area contributed by atoms with Gasteiger partial charge in [0.1, 0.15) is 4.16 Å². The van der Waals surface area contributed by atoms with Crippen LogP contribution >= 0.6 is 31.9 Å². The molecule has 0 saturated heterocycles. The average Bonchev–Trinajstić information content (AvgIpc) is 1.64.